The van der Waals surface area contributed by atoms with E-state index in [1.807, 2.05) is 6.07 Å². The number of carbonyl (C=O) groups is 1. The Hall–Kier alpha value is -1.13. The Balaban J connectivity index is 0.00000288. The zero-order valence-electron chi connectivity index (χ0n) is 14.8. The van der Waals surface area contributed by atoms with Crippen LogP contribution in [0.15, 0.2) is 18.2 Å². The van der Waals surface area contributed by atoms with E-state index < -0.39 is 0 Å². The van der Waals surface area contributed by atoms with Crippen LogP contribution in [0.5, 0.6) is 0 Å². The molecule has 2 rings (SSSR count). The van der Waals surface area contributed by atoms with Crippen LogP contribution in [0.25, 0.3) is 0 Å². The number of hydrogen-bond donors (Lipinski definition) is 2. The summed E-state index contributed by atoms with van der Waals surface area (Å²) in [7, 11) is 0. The molecule has 0 saturated heterocycles. The molecule has 0 heterocycles. The minimum absolute atomic E-state index is 0. The molecule has 1 aliphatic carbocycles. The van der Waals surface area contributed by atoms with Crippen LogP contribution in [-0.2, 0) is 17.9 Å². The van der Waals surface area contributed by atoms with Crippen LogP contribution in [0, 0.1) is 29.5 Å². The predicted octanol–water partition coefficient (Wildman–Crippen LogP) is 4.03. The number of halogens is 2. The lowest BCUT2D eigenvalue weighted by molar-refractivity contribution is -0.129. The maximum atomic E-state index is 14.0. The maximum Gasteiger partial charge on any atom is 0.223 e. The molecule has 0 unspecified atom stereocenters. The highest BCUT2D eigenvalue weighted by Crippen LogP contribution is 2.38. The molecule has 1 aromatic rings. The molecule has 0 bridgehead atoms. The van der Waals surface area contributed by atoms with Crippen molar-refractivity contribution in [2.75, 3.05) is 0 Å². The minimum atomic E-state index is -0.300. The summed E-state index contributed by atoms with van der Waals surface area (Å²) in [5.41, 5.74) is 6.79. The van der Waals surface area contributed by atoms with Gasteiger partial charge in [0.2, 0.25) is 5.91 Å². The number of nitrogens with two attached hydrogens (primary N) is 1. The van der Waals surface area contributed by atoms with E-state index in [2.05, 4.69) is 26.1 Å². The molecule has 1 aromatic carbocycles. The zero-order chi connectivity index (χ0) is 17.0. The number of benzene rings is 1. The molecule has 136 valence electrons. The second-order valence-electron chi connectivity index (χ2n) is 7.28. The zero-order valence-corrected chi connectivity index (χ0v) is 15.7. The molecule has 3 N–H and O–H groups in total. The largest absolute Gasteiger partial charge is 0.352 e. The van der Waals surface area contributed by atoms with E-state index in [1.165, 1.54) is 12.5 Å². The lowest BCUT2D eigenvalue weighted by Gasteiger charge is -2.36. The van der Waals surface area contributed by atoms with Crippen molar-refractivity contribution in [2.45, 2.75) is 53.1 Å². The Kier molecular flexibility index (Phi) is 8.17. The van der Waals surface area contributed by atoms with Crippen molar-refractivity contribution >= 4 is 18.3 Å². The molecule has 0 radical (unpaired) electrons. The van der Waals surface area contributed by atoms with Crippen molar-refractivity contribution in [3.8, 4) is 0 Å². The Morgan fingerprint density at radius 3 is 2.67 bits per heavy atom. The molecule has 0 aliphatic heterocycles. The summed E-state index contributed by atoms with van der Waals surface area (Å²) in [5, 5.41) is 2.94. The molecule has 0 aromatic heterocycles. The van der Waals surface area contributed by atoms with E-state index in [0.717, 1.165) is 18.4 Å². The van der Waals surface area contributed by atoms with Crippen molar-refractivity contribution in [1.82, 2.24) is 5.32 Å². The van der Waals surface area contributed by atoms with E-state index in [9.17, 15) is 9.18 Å². The summed E-state index contributed by atoms with van der Waals surface area (Å²) in [6.45, 7) is 7.14. The summed E-state index contributed by atoms with van der Waals surface area (Å²) in [6, 6.07) is 4.96. The van der Waals surface area contributed by atoms with E-state index >= 15 is 0 Å². The van der Waals surface area contributed by atoms with Crippen LogP contribution in [0.3, 0.4) is 0 Å². The summed E-state index contributed by atoms with van der Waals surface area (Å²) in [6.07, 6.45) is 3.24. The fourth-order valence-corrected chi connectivity index (χ4v) is 3.68. The van der Waals surface area contributed by atoms with Gasteiger partial charge < -0.3 is 11.1 Å². The molecular formula is C19H30ClFN2O. The Bertz CT molecular complexity index is 550. The summed E-state index contributed by atoms with van der Waals surface area (Å²) < 4.78 is 14.0. The quantitative estimate of drug-likeness (QED) is 0.836. The first kappa shape index (κ1) is 20.9. The summed E-state index contributed by atoms with van der Waals surface area (Å²) in [5.74, 6) is 1.32. The Morgan fingerprint density at radius 2 is 2.08 bits per heavy atom. The summed E-state index contributed by atoms with van der Waals surface area (Å²) >= 11 is 0. The lowest BCUT2D eigenvalue weighted by Crippen LogP contribution is -2.40. The third kappa shape index (κ3) is 5.18. The molecule has 1 saturated carbocycles. The predicted molar refractivity (Wildman–Crippen MR) is 98.2 cm³/mol. The van der Waals surface area contributed by atoms with Crippen molar-refractivity contribution in [3.63, 3.8) is 0 Å². The number of rotatable bonds is 5. The van der Waals surface area contributed by atoms with Crippen LogP contribution >= 0.6 is 12.4 Å². The van der Waals surface area contributed by atoms with E-state index in [4.69, 9.17) is 5.73 Å². The first-order valence-corrected chi connectivity index (χ1v) is 8.67. The summed E-state index contributed by atoms with van der Waals surface area (Å²) in [4.78, 5) is 12.6. The van der Waals surface area contributed by atoms with Crippen LogP contribution in [0.2, 0.25) is 0 Å². The van der Waals surface area contributed by atoms with Crippen molar-refractivity contribution < 1.29 is 9.18 Å². The first-order valence-electron chi connectivity index (χ1n) is 8.67. The van der Waals surface area contributed by atoms with Gasteiger partial charge in [-0.25, -0.2) is 4.39 Å². The second kappa shape index (κ2) is 9.38. The molecule has 1 fully saturated rings. The molecule has 1 amide bonds. The highest BCUT2D eigenvalue weighted by molar-refractivity contribution is 5.85. The third-order valence-corrected chi connectivity index (χ3v) is 5.17. The van der Waals surface area contributed by atoms with Crippen molar-refractivity contribution in [2.24, 2.45) is 29.4 Å². The topological polar surface area (TPSA) is 55.1 Å². The smallest absolute Gasteiger partial charge is 0.223 e. The van der Waals surface area contributed by atoms with E-state index in [-0.39, 0.29) is 36.6 Å². The van der Waals surface area contributed by atoms with Crippen LogP contribution in [-0.4, -0.2) is 5.91 Å². The Morgan fingerprint density at radius 1 is 1.38 bits per heavy atom. The van der Waals surface area contributed by atoms with E-state index in [1.54, 1.807) is 6.07 Å². The molecule has 3 atom stereocenters. The molecule has 0 spiro atoms. The normalized spacial score (nSPS) is 23.7. The average molecular weight is 357 g/mol. The van der Waals surface area contributed by atoms with Gasteiger partial charge in [0.1, 0.15) is 5.82 Å². The first-order chi connectivity index (χ1) is 10.9. The Labute approximate surface area is 151 Å². The number of nitrogens with one attached hydrogen (secondary N) is 1. The fourth-order valence-electron chi connectivity index (χ4n) is 3.68. The maximum absolute atomic E-state index is 14.0. The van der Waals surface area contributed by atoms with Gasteiger partial charge in [-0.05, 0) is 42.2 Å². The van der Waals surface area contributed by atoms with Gasteiger partial charge in [0, 0.05) is 24.6 Å². The monoisotopic (exact) mass is 356 g/mol. The van der Waals surface area contributed by atoms with Crippen LogP contribution in [0.1, 0.15) is 51.2 Å². The number of carbonyl (C=O) groups excluding carboxylic acids is 1. The average Bonchev–Trinajstić information content (AvgIpc) is 2.52. The molecule has 1 aliphatic rings. The van der Waals surface area contributed by atoms with Crippen LogP contribution in [0.4, 0.5) is 4.39 Å². The van der Waals surface area contributed by atoms with Gasteiger partial charge in [0.05, 0.1) is 0 Å². The number of hydrogen-bond acceptors (Lipinski definition) is 2. The van der Waals surface area contributed by atoms with Gasteiger partial charge in [0.25, 0.3) is 0 Å². The highest BCUT2D eigenvalue weighted by Gasteiger charge is 2.35. The van der Waals surface area contributed by atoms with Gasteiger partial charge in [0.15, 0.2) is 0 Å². The number of amides is 1. The highest BCUT2D eigenvalue weighted by atomic mass is 35.5. The second-order valence-corrected chi connectivity index (χ2v) is 7.28. The third-order valence-electron chi connectivity index (χ3n) is 5.17. The van der Waals surface area contributed by atoms with Gasteiger partial charge in [-0.15, -0.1) is 12.4 Å². The molecule has 5 heteroatoms. The van der Waals surface area contributed by atoms with E-state index in [0.29, 0.717) is 29.9 Å². The van der Waals surface area contributed by atoms with Gasteiger partial charge >= 0.3 is 0 Å². The molecule has 3 nitrogen and oxygen atoms in total. The fraction of sp³-hybridized carbons (Fsp3) is 0.632. The van der Waals surface area contributed by atoms with Gasteiger partial charge in [-0.2, -0.15) is 0 Å². The SMILES string of the molecule is CC(C)[C@@H]1CC[C@@H](C)C[C@H]1C(=O)NCc1ccc(CN)cc1F.Cl. The van der Waals surface area contributed by atoms with Gasteiger partial charge in [-0.1, -0.05) is 39.3 Å². The molecule has 24 heavy (non-hydrogen) atoms. The molecular weight excluding hydrogens is 327 g/mol. The van der Waals surface area contributed by atoms with Crippen LogP contribution < -0.4 is 11.1 Å². The standard InChI is InChI=1S/C19H29FN2O.ClH/c1-12(2)16-7-4-13(3)8-17(16)19(23)22-11-15-6-5-14(10-21)9-18(15)20;/h5-6,9,12-13,16-17H,4,7-8,10-11,21H2,1-3H3,(H,22,23);1H/t13-,16+,17-;/m1./s1. The van der Waals surface area contributed by atoms with Crippen molar-refractivity contribution in [3.05, 3.63) is 35.1 Å². The van der Waals surface area contributed by atoms with Crippen molar-refractivity contribution in [1.29, 1.82) is 0 Å². The lowest BCUT2D eigenvalue weighted by atomic mass is 9.70. The van der Waals surface area contributed by atoms with Gasteiger partial charge in [-0.3, -0.25) is 4.79 Å². The minimum Gasteiger partial charge on any atom is -0.352 e.